The van der Waals surface area contributed by atoms with E-state index in [0.29, 0.717) is 42.2 Å². The number of para-hydroxylation sites is 1. The second kappa shape index (κ2) is 11.4. The van der Waals surface area contributed by atoms with Gasteiger partial charge in [-0.05, 0) is 45.3 Å². The Hall–Kier alpha value is -4.45. The number of carbonyl (C=O) groups excluding carboxylic acids is 1. The van der Waals surface area contributed by atoms with Gasteiger partial charge in [0.25, 0.3) is 5.91 Å². The van der Waals surface area contributed by atoms with Gasteiger partial charge in [0, 0.05) is 81.9 Å². The van der Waals surface area contributed by atoms with E-state index in [0.717, 1.165) is 68.6 Å². The molecule has 3 aliphatic rings. The van der Waals surface area contributed by atoms with Crippen LogP contribution in [0, 0.1) is 5.82 Å². The summed E-state index contributed by atoms with van der Waals surface area (Å²) in [6.07, 6.45) is 2.42. The first-order chi connectivity index (χ1) is 22.4. The number of nitrogens with zero attached hydrogens (tertiary/aromatic N) is 5. The normalized spacial score (nSPS) is 17.5. The molecule has 0 unspecified atom stereocenters. The zero-order chi connectivity index (χ0) is 31.5. The predicted molar refractivity (Wildman–Crippen MR) is 177 cm³/mol. The molecule has 8 rings (SSSR count). The van der Waals surface area contributed by atoms with Gasteiger partial charge >= 0.3 is 0 Å². The molecule has 2 aromatic heterocycles. The molecule has 2 saturated heterocycles. The maximum Gasteiger partial charge on any atom is 0.259 e. The predicted octanol–water partition coefficient (Wildman–Crippen LogP) is 4.57. The number of nitrogens with one attached hydrogen (secondary N) is 1. The summed E-state index contributed by atoms with van der Waals surface area (Å²) in [6, 6.07) is 12.8. The van der Waals surface area contributed by atoms with Gasteiger partial charge in [0.2, 0.25) is 5.43 Å². The molecule has 11 heteroatoms. The molecule has 3 aromatic carbocycles. The number of halogens is 1. The van der Waals surface area contributed by atoms with Crippen molar-refractivity contribution in [2.75, 3.05) is 84.9 Å². The van der Waals surface area contributed by atoms with Crippen LogP contribution in [0.5, 0.6) is 11.5 Å². The number of hydrogen-bond donors (Lipinski definition) is 1. The van der Waals surface area contributed by atoms with Gasteiger partial charge in [0.15, 0.2) is 17.3 Å². The van der Waals surface area contributed by atoms with E-state index in [1.54, 1.807) is 15.7 Å². The van der Waals surface area contributed by atoms with Crippen LogP contribution in [0.4, 0.5) is 10.1 Å². The van der Waals surface area contributed by atoms with Crippen molar-refractivity contribution in [2.45, 2.75) is 6.42 Å². The molecule has 5 aromatic rings. The highest BCUT2D eigenvalue weighted by atomic mass is 19.1. The van der Waals surface area contributed by atoms with Gasteiger partial charge in [-0.15, -0.1) is 0 Å². The topological polar surface area (TPSA) is 86.4 Å². The van der Waals surface area contributed by atoms with Crippen LogP contribution in [-0.4, -0.2) is 110 Å². The number of rotatable bonds is 6. The van der Waals surface area contributed by atoms with Crippen molar-refractivity contribution in [3.8, 4) is 17.2 Å². The third kappa shape index (κ3) is 4.90. The summed E-state index contributed by atoms with van der Waals surface area (Å²) >= 11 is 0. The van der Waals surface area contributed by atoms with Crippen LogP contribution in [0.1, 0.15) is 16.8 Å². The van der Waals surface area contributed by atoms with E-state index in [-0.39, 0.29) is 28.3 Å². The Balaban J connectivity index is 1.23. The highest BCUT2D eigenvalue weighted by Gasteiger charge is 2.31. The zero-order valence-corrected chi connectivity index (χ0v) is 26.1. The van der Waals surface area contributed by atoms with Crippen molar-refractivity contribution < 1.29 is 18.3 Å². The minimum absolute atomic E-state index is 0.00726. The fourth-order valence-electron chi connectivity index (χ4n) is 6.92. The minimum Gasteiger partial charge on any atom is -0.456 e. The number of aromatic nitrogens is 1. The molecule has 46 heavy (non-hydrogen) atoms. The second-order valence-electron chi connectivity index (χ2n) is 12.7. The number of fused-ring (bicyclic) bond motifs is 5. The SMILES string of the molecule is CN1CCN(CCCNc2c(F)cc3c(=O)c(C(=O)N4CCN(C)CC4)cn4c3c2Oc2cc3c(cc2-4)oc2ccccc23)CC1. The Kier molecular flexibility index (Phi) is 7.19. The fraction of sp³-hybridized carbons (Fsp3) is 0.371. The average molecular weight is 625 g/mol. The van der Waals surface area contributed by atoms with Gasteiger partial charge in [-0.25, -0.2) is 4.39 Å². The summed E-state index contributed by atoms with van der Waals surface area (Å²) in [5, 5.41) is 5.19. The monoisotopic (exact) mass is 624 g/mol. The summed E-state index contributed by atoms with van der Waals surface area (Å²) in [5.74, 6) is -0.214. The molecule has 2 fully saturated rings. The van der Waals surface area contributed by atoms with Gasteiger partial charge in [-0.1, -0.05) is 18.2 Å². The number of amides is 1. The molecule has 3 aliphatic heterocycles. The smallest absolute Gasteiger partial charge is 0.259 e. The lowest BCUT2D eigenvalue weighted by Gasteiger charge is -2.33. The Bertz CT molecular complexity index is 2060. The third-order valence-electron chi connectivity index (χ3n) is 9.70. The molecule has 1 amide bonds. The lowest BCUT2D eigenvalue weighted by Crippen LogP contribution is -2.48. The third-order valence-corrected chi connectivity index (χ3v) is 9.70. The van der Waals surface area contributed by atoms with Gasteiger partial charge in [0.05, 0.1) is 11.1 Å². The van der Waals surface area contributed by atoms with Crippen molar-refractivity contribution in [1.29, 1.82) is 0 Å². The summed E-state index contributed by atoms with van der Waals surface area (Å²) in [4.78, 5) is 36.3. The summed E-state index contributed by atoms with van der Waals surface area (Å²) < 4.78 is 30.5. The number of hydrogen-bond acceptors (Lipinski definition) is 8. The van der Waals surface area contributed by atoms with Crippen molar-refractivity contribution in [1.82, 2.24) is 24.2 Å². The first-order valence-corrected chi connectivity index (χ1v) is 16.0. The molecule has 238 valence electrons. The van der Waals surface area contributed by atoms with Gasteiger partial charge in [0.1, 0.15) is 27.9 Å². The van der Waals surface area contributed by atoms with Crippen molar-refractivity contribution in [3.05, 3.63) is 70.3 Å². The van der Waals surface area contributed by atoms with Gasteiger partial charge in [-0.2, -0.15) is 0 Å². The van der Waals surface area contributed by atoms with Crippen molar-refractivity contribution in [2.24, 2.45) is 0 Å². The van der Waals surface area contributed by atoms with E-state index >= 15 is 4.39 Å². The lowest BCUT2D eigenvalue weighted by molar-refractivity contribution is 0.0662. The largest absolute Gasteiger partial charge is 0.456 e. The molecule has 0 atom stereocenters. The first-order valence-electron chi connectivity index (χ1n) is 16.0. The van der Waals surface area contributed by atoms with Crippen LogP contribution in [0.3, 0.4) is 0 Å². The summed E-state index contributed by atoms with van der Waals surface area (Å²) in [7, 11) is 4.14. The lowest BCUT2D eigenvalue weighted by atomic mass is 10.0. The van der Waals surface area contributed by atoms with Crippen LogP contribution in [0.15, 0.2) is 57.9 Å². The molecule has 0 aliphatic carbocycles. The first kappa shape index (κ1) is 29.0. The quantitative estimate of drug-likeness (QED) is 0.270. The zero-order valence-electron chi connectivity index (χ0n) is 26.1. The number of benzene rings is 3. The van der Waals surface area contributed by atoms with Crippen LogP contribution < -0.4 is 15.5 Å². The molecular formula is C35H37FN6O4. The number of anilines is 1. The maximum atomic E-state index is 16.0. The van der Waals surface area contributed by atoms with E-state index in [1.807, 2.05) is 43.4 Å². The van der Waals surface area contributed by atoms with E-state index in [4.69, 9.17) is 9.15 Å². The molecule has 0 saturated carbocycles. The highest BCUT2D eigenvalue weighted by molar-refractivity contribution is 6.07. The van der Waals surface area contributed by atoms with Crippen LogP contribution in [0.2, 0.25) is 0 Å². The van der Waals surface area contributed by atoms with E-state index in [2.05, 4.69) is 27.1 Å². The van der Waals surface area contributed by atoms with Crippen molar-refractivity contribution >= 4 is 44.4 Å². The number of likely N-dealkylation sites (N-methyl/N-ethyl adjacent to an activating group) is 2. The Morgan fingerprint density at radius 3 is 2.41 bits per heavy atom. The Morgan fingerprint density at radius 2 is 1.63 bits per heavy atom. The van der Waals surface area contributed by atoms with E-state index in [1.165, 1.54) is 6.07 Å². The number of pyridine rings is 1. The molecular weight excluding hydrogens is 587 g/mol. The van der Waals surface area contributed by atoms with Crippen molar-refractivity contribution in [3.63, 3.8) is 0 Å². The molecule has 5 heterocycles. The standard InChI is InChI=1S/C35H37FN6O4/c1-38-10-14-40(15-11-38)9-5-8-37-31-26(36)18-24-32-34(31)46-30-19-23-22-6-3-4-7-28(22)45-29(23)20-27(30)42(32)21-25(33(24)43)35(44)41-16-12-39(2)13-17-41/h3-4,6-7,18-21,37H,5,8-17H2,1-2H3. The van der Waals surface area contributed by atoms with E-state index in [9.17, 15) is 9.59 Å². The molecule has 0 radical (unpaired) electrons. The number of ether oxygens (including phenoxy) is 1. The molecule has 1 N–H and O–H groups in total. The molecule has 10 nitrogen and oxygen atoms in total. The fourth-order valence-corrected chi connectivity index (χ4v) is 6.92. The average Bonchev–Trinajstić information content (AvgIpc) is 3.42. The van der Waals surface area contributed by atoms with Gasteiger partial charge in [-0.3, -0.25) is 9.59 Å². The highest BCUT2D eigenvalue weighted by Crippen LogP contribution is 2.47. The van der Waals surface area contributed by atoms with E-state index < -0.39 is 11.2 Å². The number of piperazine rings is 2. The van der Waals surface area contributed by atoms with Gasteiger partial charge < -0.3 is 38.6 Å². The molecule has 0 bridgehead atoms. The Morgan fingerprint density at radius 1 is 0.891 bits per heavy atom. The van der Waals surface area contributed by atoms with Crippen LogP contribution >= 0.6 is 0 Å². The molecule has 0 spiro atoms. The second-order valence-corrected chi connectivity index (χ2v) is 12.7. The minimum atomic E-state index is -0.590. The summed E-state index contributed by atoms with van der Waals surface area (Å²) in [6.45, 7) is 8.03. The van der Waals surface area contributed by atoms with Crippen LogP contribution in [0.25, 0.3) is 38.5 Å². The Labute approximate surface area is 265 Å². The number of carbonyl (C=O) groups is 1. The summed E-state index contributed by atoms with van der Waals surface area (Å²) in [5.41, 5.74) is 2.13. The van der Waals surface area contributed by atoms with Crippen LogP contribution in [-0.2, 0) is 0 Å². The number of furan rings is 1. The maximum absolute atomic E-state index is 16.0.